The van der Waals surface area contributed by atoms with Crippen molar-refractivity contribution in [2.75, 3.05) is 26.5 Å². The lowest BCUT2D eigenvalue weighted by Gasteiger charge is -2.19. The van der Waals surface area contributed by atoms with Crippen LogP contribution in [0.5, 0.6) is 5.75 Å². The number of methoxy groups -OCH3 is 1. The maximum atomic E-state index is 13.3. The van der Waals surface area contributed by atoms with E-state index in [1.807, 2.05) is 42.8 Å². The highest BCUT2D eigenvalue weighted by Crippen LogP contribution is 2.31. The largest absolute Gasteiger partial charge is 0.495 e. The van der Waals surface area contributed by atoms with E-state index in [1.54, 1.807) is 45.7 Å². The van der Waals surface area contributed by atoms with E-state index < -0.39 is 0 Å². The van der Waals surface area contributed by atoms with Gasteiger partial charge in [0.2, 0.25) is 0 Å². The number of aromatic nitrogens is 4. The fraction of sp³-hybridized carbons (Fsp3) is 0.231. The highest BCUT2D eigenvalue weighted by Gasteiger charge is 2.20. The molecule has 0 aliphatic heterocycles. The molecule has 8 nitrogen and oxygen atoms in total. The van der Waals surface area contributed by atoms with Crippen LogP contribution in [0.15, 0.2) is 61.1 Å². The number of nitrogens with zero attached hydrogens (tertiary/aromatic N) is 5. The quantitative estimate of drug-likeness (QED) is 0.373. The van der Waals surface area contributed by atoms with Gasteiger partial charge in [0.1, 0.15) is 11.6 Å². The highest BCUT2D eigenvalue weighted by atomic mass is 35.5. The van der Waals surface area contributed by atoms with Crippen LogP contribution < -0.4 is 10.1 Å². The molecule has 1 amide bonds. The molecule has 0 saturated heterocycles. The molecule has 188 valence electrons. The Hall–Kier alpha value is -3.98. The number of carbonyl (C=O) groups is 1. The minimum atomic E-state index is -0.307. The van der Waals surface area contributed by atoms with Crippen LogP contribution in [0.2, 0.25) is 0 Å². The number of amides is 1. The molecule has 2 aromatic carbocycles. The fourth-order valence-electron chi connectivity index (χ4n) is 3.69. The Kier molecular flexibility index (Phi) is 8.26. The highest BCUT2D eigenvalue weighted by molar-refractivity contribution is 5.99. The summed E-state index contributed by atoms with van der Waals surface area (Å²) in [7, 11) is 4.96. The SMILES string of the molecule is COc1cc(-c2cc(C(=O)N(C)C)c(N[C@@H](C)c3ccc(F)cc3)nn2)ccc1-n1cnc(C)c1.Cl. The maximum absolute atomic E-state index is 13.3. The second kappa shape index (κ2) is 11.2. The molecule has 0 spiro atoms. The Morgan fingerprint density at radius 3 is 2.44 bits per heavy atom. The van der Waals surface area contributed by atoms with Crippen molar-refractivity contribution < 1.29 is 13.9 Å². The molecule has 36 heavy (non-hydrogen) atoms. The molecular weight excluding hydrogens is 483 g/mol. The Bertz CT molecular complexity index is 1360. The van der Waals surface area contributed by atoms with E-state index in [2.05, 4.69) is 20.5 Å². The number of hydrogen-bond acceptors (Lipinski definition) is 6. The normalized spacial score (nSPS) is 11.4. The first-order valence-electron chi connectivity index (χ1n) is 11.1. The first-order chi connectivity index (χ1) is 16.8. The number of nitrogens with one attached hydrogen (secondary N) is 1. The van der Waals surface area contributed by atoms with Gasteiger partial charge in [-0.15, -0.1) is 22.6 Å². The third-order valence-corrected chi connectivity index (χ3v) is 5.62. The molecule has 0 fully saturated rings. The van der Waals surface area contributed by atoms with Crippen molar-refractivity contribution in [2.24, 2.45) is 0 Å². The van der Waals surface area contributed by atoms with Crippen molar-refractivity contribution in [3.63, 3.8) is 0 Å². The zero-order valence-electron chi connectivity index (χ0n) is 20.7. The average molecular weight is 511 g/mol. The molecule has 0 bridgehead atoms. The molecule has 2 aromatic heterocycles. The minimum absolute atomic E-state index is 0. The van der Waals surface area contributed by atoms with Crippen LogP contribution in [0.1, 0.15) is 34.6 Å². The van der Waals surface area contributed by atoms with E-state index >= 15 is 0 Å². The number of aryl methyl sites for hydroxylation is 1. The zero-order valence-corrected chi connectivity index (χ0v) is 21.5. The van der Waals surface area contributed by atoms with Crippen molar-refractivity contribution in [3.8, 4) is 22.7 Å². The van der Waals surface area contributed by atoms with Crippen molar-refractivity contribution in [3.05, 3.63) is 83.7 Å². The van der Waals surface area contributed by atoms with E-state index in [-0.39, 0.29) is 30.2 Å². The number of ether oxygens (including phenoxy) is 1. The molecule has 0 unspecified atom stereocenters. The topological polar surface area (TPSA) is 85.2 Å². The molecule has 4 rings (SSSR count). The van der Waals surface area contributed by atoms with Crippen LogP contribution in [0, 0.1) is 12.7 Å². The summed E-state index contributed by atoms with van der Waals surface area (Å²) in [4.78, 5) is 18.8. The van der Waals surface area contributed by atoms with Gasteiger partial charge in [0, 0.05) is 25.9 Å². The van der Waals surface area contributed by atoms with Gasteiger partial charge < -0.3 is 19.5 Å². The fourth-order valence-corrected chi connectivity index (χ4v) is 3.69. The van der Waals surface area contributed by atoms with Gasteiger partial charge in [-0.3, -0.25) is 4.79 Å². The summed E-state index contributed by atoms with van der Waals surface area (Å²) < 4.78 is 20.8. The van der Waals surface area contributed by atoms with Crippen LogP contribution in [-0.4, -0.2) is 51.8 Å². The molecule has 0 saturated carbocycles. The number of halogens is 2. The van der Waals surface area contributed by atoms with Crippen LogP contribution in [0.25, 0.3) is 16.9 Å². The third kappa shape index (κ3) is 5.63. The first kappa shape index (κ1) is 26.6. The molecule has 0 radical (unpaired) electrons. The van der Waals surface area contributed by atoms with Gasteiger partial charge in [0.25, 0.3) is 5.91 Å². The maximum Gasteiger partial charge on any atom is 0.257 e. The molecule has 4 aromatic rings. The third-order valence-electron chi connectivity index (χ3n) is 5.62. The minimum Gasteiger partial charge on any atom is -0.495 e. The second-order valence-corrected chi connectivity index (χ2v) is 8.42. The van der Waals surface area contributed by atoms with E-state index in [9.17, 15) is 9.18 Å². The Labute approximate surface area is 215 Å². The van der Waals surface area contributed by atoms with Gasteiger partial charge in [0.05, 0.1) is 42.1 Å². The van der Waals surface area contributed by atoms with Crippen molar-refractivity contribution in [1.82, 2.24) is 24.6 Å². The van der Waals surface area contributed by atoms with Crippen LogP contribution in [0.3, 0.4) is 0 Å². The monoisotopic (exact) mass is 510 g/mol. The summed E-state index contributed by atoms with van der Waals surface area (Å²) >= 11 is 0. The summed E-state index contributed by atoms with van der Waals surface area (Å²) in [5.74, 6) is 0.460. The summed E-state index contributed by atoms with van der Waals surface area (Å²) in [6.45, 7) is 3.83. The summed E-state index contributed by atoms with van der Waals surface area (Å²) in [6.07, 6.45) is 3.64. The lowest BCUT2D eigenvalue weighted by Crippen LogP contribution is -2.24. The number of benzene rings is 2. The van der Waals surface area contributed by atoms with Gasteiger partial charge in [0.15, 0.2) is 5.82 Å². The lowest BCUT2D eigenvalue weighted by molar-refractivity contribution is 0.0828. The van der Waals surface area contributed by atoms with E-state index in [4.69, 9.17) is 4.74 Å². The molecule has 2 heterocycles. The molecule has 0 aliphatic carbocycles. The number of carbonyl (C=O) groups excluding carboxylic acids is 1. The number of imidazole rings is 1. The predicted molar refractivity (Wildman–Crippen MR) is 140 cm³/mol. The lowest BCUT2D eigenvalue weighted by atomic mass is 10.1. The average Bonchev–Trinajstić information content (AvgIpc) is 3.29. The number of anilines is 1. The molecule has 1 N–H and O–H groups in total. The van der Waals surface area contributed by atoms with E-state index in [0.717, 1.165) is 22.5 Å². The molecule has 1 atom stereocenters. The van der Waals surface area contributed by atoms with Gasteiger partial charge in [-0.2, -0.15) is 0 Å². The predicted octanol–water partition coefficient (Wildman–Crippen LogP) is 5.08. The van der Waals surface area contributed by atoms with Crippen molar-refractivity contribution in [1.29, 1.82) is 0 Å². The van der Waals surface area contributed by atoms with Crippen LogP contribution in [0.4, 0.5) is 10.2 Å². The Morgan fingerprint density at radius 2 is 1.83 bits per heavy atom. The zero-order chi connectivity index (χ0) is 25.1. The first-order valence-corrected chi connectivity index (χ1v) is 11.1. The van der Waals surface area contributed by atoms with Gasteiger partial charge in [-0.05, 0) is 49.7 Å². The Balaban J connectivity index is 0.00000361. The van der Waals surface area contributed by atoms with Gasteiger partial charge >= 0.3 is 0 Å². The standard InChI is InChI=1S/C26H27FN6O2.ClH/c1-16-14-33(15-28-16)23-11-8-19(12-24(23)35-5)22-13-21(26(34)32(3)4)25(31-30-22)29-17(2)18-6-9-20(27)10-7-18;/h6-15,17H,1-5H3,(H,29,31);1H/t17-;/m0./s1. The van der Waals surface area contributed by atoms with Crippen LogP contribution >= 0.6 is 12.4 Å². The van der Waals surface area contributed by atoms with E-state index in [0.29, 0.717) is 22.8 Å². The van der Waals surface area contributed by atoms with Crippen molar-refractivity contribution >= 4 is 24.1 Å². The van der Waals surface area contributed by atoms with Gasteiger partial charge in [-0.25, -0.2) is 9.37 Å². The summed E-state index contributed by atoms with van der Waals surface area (Å²) in [6, 6.07) is 13.3. The molecule has 0 aliphatic rings. The molecular formula is C26H28ClFN6O2. The molecule has 10 heteroatoms. The number of hydrogen-bond donors (Lipinski definition) is 1. The van der Waals surface area contributed by atoms with Crippen LogP contribution in [-0.2, 0) is 0 Å². The second-order valence-electron chi connectivity index (χ2n) is 8.42. The van der Waals surface area contributed by atoms with Crippen molar-refractivity contribution in [2.45, 2.75) is 19.9 Å². The Morgan fingerprint density at radius 1 is 1.11 bits per heavy atom. The van der Waals surface area contributed by atoms with Gasteiger partial charge in [-0.1, -0.05) is 18.2 Å². The van der Waals surface area contributed by atoms with E-state index in [1.165, 1.54) is 17.0 Å². The number of rotatable bonds is 7. The smallest absolute Gasteiger partial charge is 0.257 e. The summed E-state index contributed by atoms with van der Waals surface area (Å²) in [5.41, 5.74) is 4.24. The summed E-state index contributed by atoms with van der Waals surface area (Å²) in [5, 5.41) is 12.0.